The highest BCUT2D eigenvalue weighted by Crippen LogP contribution is 2.23. The molecule has 1 aromatic heterocycles. The summed E-state index contributed by atoms with van der Waals surface area (Å²) in [6, 6.07) is 8.77. The van der Waals surface area contributed by atoms with E-state index in [-0.39, 0.29) is 17.1 Å². The van der Waals surface area contributed by atoms with E-state index in [0.29, 0.717) is 16.7 Å². The molecule has 0 atom stereocenters. The second kappa shape index (κ2) is 4.54. The monoisotopic (exact) mass is 270 g/mol. The van der Waals surface area contributed by atoms with Crippen molar-refractivity contribution in [2.75, 3.05) is 5.32 Å². The normalized spacial score (nSPS) is 10.6. The third-order valence-electron chi connectivity index (χ3n) is 2.80. The third kappa shape index (κ3) is 2.12. The van der Waals surface area contributed by atoms with Crippen molar-refractivity contribution in [2.45, 2.75) is 0 Å². The highest BCUT2D eigenvalue weighted by Gasteiger charge is 2.12. The van der Waals surface area contributed by atoms with E-state index in [1.807, 2.05) is 0 Å². The Morgan fingerprint density at radius 1 is 1.05 bits per heavy atom. The predicted octanol–water partition coefficient (Wildman–Crippen LogP) is 1.62. The molecule has 2 aromatic carbocycles. The van der Waals surface area contributed by atoms with Gasteiger partial charge in [0.05, 0.1) is 5.56 Å². The number of benzene rings is 2. The Hall–Kier alpha value is -3.09. The van der Waals surface area contributed by atoms with E-state index in [4.69, 9.17) is 0 Å². The van der Waals surface area contributed by atoms with Crippen molar-refractivity contribution in [2.24, 2.45) is 0 Å². The van der Waals surface area contributed by atoms with E-state index in [0.717, 1.165) is 0 Å². The number of fused-ring (bicyclic) bond motifs is 1. The smallest absolute Gasteiger partial charge is 0.259 e. The maximum Gasteiger partial charge on any atom is 0.259 e. The first-order valence-corrected chi connectivity index (χ1v) is 5.77. The van der Waals surface area contributed by atoms with E-state index in [2.05, 4.69) is 20.7 Å². The molecule has 0 fully saturated rings. The Morgan fingerprint density at radius 2 is 1.85 bits per heavy atom. The fourth-order valence-corrected chi connectivity index (χ4v) is 1.82. The topological polar surface area (TPSA) is 111 Å². The highest BCUT2D eigenvalue weighted by atomic mass is 16.3. The van der Waals surface area contributed by atoms with E-state index >= 15 is 0 Å². The van der Waals surface area contributed by atoms with Gasteiger partial charge in [-0.25, -0.2) is 0 Å². The van der Waals surface area contributed by atoms with Crippen molar-refractivity contribution in [1.29, 1.82) is 0 Å². The van der Waals surface area contributed by atoms with E-state index in [1.165, 1.54) is 18.2 Å². The molecule has 0 saturated carbocycles. The molecule has 7 heteroatoms. The van der Waals surface area contributed by atoms with Crippen molar-refractivity contribution < 1.29 is 15.0 Å². The van der Waals surface area contributed by atoms with Crippen LogP contribution in [0.15, 0.2) is 36.4 Å². The van der Waals surface area contributed by atoms with E-state index in [1.54, 1.807) is 18.2 Å². The zero-order valence-corrected chi connectivity index (χ0v) is 10.2. The largest absolute Gasteiger partial charge is 0.508 e. The molecule has 3 rings (SSSR count). The number of aromatic amines is 1. The van der Waals surface area contributed by atoms with Gasteiger partial charge in [0.25, 0.3) is 5.91 Å². The van der Waals surface area contributed by atoms with Crippen LogP contribution >= 0.6 is 0 Å². The summed E-state index contributed by atoms with van der Waals surface area (Å²) in [5.41, 5.74) is 1.80. The number of aromatic nitrogens is 3. The number of carbonyl (C=O) groups is 1. The number of aromatic hydroxyl groups is 2. The van der Waals surface area contributed by atoms with Gasteiger partial charge in [-0.1, -0.05) is 0 Å². The van der Waals surface area contributed by atoms with Crippen LogP contribution in [-0.4, -0.2) is 31.5 Å². The molecule has 20 heavy (non-hydrogen) atoms. The second-order valence-corrected chi connectivity index (χ2v) is 4.18. The number of phenols is 2. The Balaban J connectivity index is 1.89. The Morgan fingerprint density at radius 3 is 2.70 bits per heavy atom. The molecule has 0 aliphatic heterocycles. The molecule has 0 aliphatic carbocycles. The first-order valence-electron chi connectivity index (χ1n) is 5.77. The molecule has 0 aliphatic rings. The van der Waals surface area contributed by atoms with Gasteiger partial charge in [0.1, 0.15) is 22.5 Å². The van der Waals surface area contributed by atoms with Crippen LogP contribution in [-0.2, 0) is 0 Å². The second-order valence-electron chi connectivity index (χ2n) is 4.18. The van der Waals surface area contributed by atoms with Crippen molar-refractivity contribution in [3.8, 4) is 11.5 Å². The van der Waals surface area contributed by atoms with Crippen molar-refractivity contribution in [3.63, 3.8) is 0 Å². The van der Waals surface area contributed by atoms with Crippen molar-refractivity contribution >= 4 is 22.6 Å². The number of hydrogen-bond donors (Lipinski definition) is 4. The van der Waals surface area contributed by atoms with Gasteiger partial charge in [-0.15, -0.1) is 0 Å². The number of nitrogens with zero attached hydrogens (tertiary/aromatic N) is 2. The number of H-pyrrole nitrogens is 1. The summed E-state index contributed by atoms with van der Waals surface area (Å²) in [5.74, 6) is -0.830. The van der Waals surface area contributed by atoms with Gasteiger partial charge < -0.3 is 15.5 Å². The standard InChI is InChI=1S/C13H10N4O3/c18-8-2-4-12(19)9(6-8)13(20)14-7-1-3-10-11(5-7)16-17-15-10/h1-6,18-19H,(H,14,20)(H,15,16,17). The Labute approximate surface area is 112 Å². The number of hydrogen-bond acceptors (Lipinski definition) is 5. The molecule has 3 aromatic rings. The van der Waals surface area contributed by atoms with Crippen LogP contribution in [0.2, 0.25) is 0 Å². The average molecular weight is 270 g/mol. The molecular weight excluding hydrogens is 260 g/mol. The van der Waals surface area contributed by atoms with Gasteiger partial charge in [-0.3, -0.25) is 4.79 Å². The predicted molar refractivity (Wildman–Crippen MR) is 71.6 cm³/mol. The molecule has 0 bridgehead atoms. The van der Waals surface area contributed by atoms with Gasteiger partial charge in [-0.2, -0.15) is 15.4 Å². The number of rotatable bonds is 2. The van der Waals surface area contributed by atoms with Crippen LogP contribution in [0.3, 0.4) is 0 Å². The minimum absolute atomic E-state index is 0.00903. The fourth-order valence-electron chi connectivity index (χ4n) is 1.82. The fraction of sp³-hybridized carbons (Fsp3) is 0. The summed E-state index contributed by atoms with van der Waals surface area (Å²) in [6.07, 6.45) is 0. The third-order valence-corrected chi connectivity index (χ3v) is 2.80. The first kappa shape index (κ1) is 12.0. The average Bonchev–Trinajstić information content (AvgIpc) is 2.89. The van der Waals surface area contributed by atoms with E-state index in [9.17, 15) is 15.0 Å². The van der Waals surface area contributed by atoms with Crippen LogP contribution in [0.4, 0.5) is 5.69 Å². The first-order chi connectivity index (χ1) is 9.63. The van der Waals surface area contributed by atoms with Crippen molar-refractivity contribution in [1.82, 2.24) is 15.4 Å². The quantitative estimate of drug-likeness (QED) is 0.529. The molecule has 100 valence electrons. The number of amides is 1. The highest BCUT2D eigenvalue weighted by molar-refractivity contribution is 6.06. The lowest BCUT2D eigenvalue weighted by Crippen LogP contribution is -2.11. The summed E-state index contributed by atoms with van der Waals surface area (Å²) >= 11 is 0. The number of anilines is 1. The number of nitrogens with one attached hydrogen (secondary N) is 2. The number of carbonyl (C=O) groups excluding carboxylic acids is 1. The van der Waals surface area contributed by atoms with E-state index < -0.39 is 5.91 Å². The summed E-state index contributed by atoms with van der Waals surface area (Å²) in [4.78, 5) is 12.0. The van der Waals surface area contributed by atoms with Crippen molar-refractivity contribution in [3.05, 3.63) is 42.0 Å². The van der Waals surface area contributed by atoms with Gasteiger partial charge in [-0.05, 0) is 36.4 Å². The molecule has 7 nitrogen and oxygen atoms in total. The lowest BCUT2D eigenvalue weighted by atomic mass is 10.1. The van der Waals surface area contributed by atoms with Crippen LogP contribution < -0.4 is 5.32 Å². The van der Waals surface area contributed by atoms with Gasteiger partial charge in [0.2, 0.25) is 0 Å². The number of phenolic OH excluding ortho intramolecular Hbond substituents is 2. The van der Waals surface area contributed by atoms with Crippen LogP contribution in [0.5, 0.6) is 11.5 Å². The molecule has 0 saturated heterocycles. The molecule has 4 N–H and O–H groups in total. The van der Waals surface area contributed by atoms with Crippen LogP contribution in [0.1, 0.15) is 10.4 Å². The van der Waals surface area contributed by atoms with Gasteiger partial charge in [0, 0.05) is 5.69 Å². The molecule has 1 heterocycles. The lowest BCUT2D eigenvalue weighted by molar-refractivity contribution is 0.102. The minimum Gasteiger partial charge on any atom is -0.508 e. The zero-order chi connectivity index (χ0) is 14.1. The summed E-state index contributed by atoms with van der Waals surface area (Å²) < 4.78 is 0. The molecule has 1 amide bonds. The SMILES string of the molecule is O=C(Nc1ccc2n[nH]nc2c1)c1cc(O)ccc1O. The van der Waals surface area contributed by atoms with Crippen LogP contribution in [0.25, 0.3) is 11.0 Å². The molecular formula is C13H10N4O3. The van der Waals surface area contributed by atoms with Crippen LogP contribution in [0, 0.1) is 0 Å². The Bertz CT molecular complexity index is 797. The maximum atomic E-state index is 12.0. The molecule has 0 unspecified atom stereocenters. The Kier molecular flexibility index (Phi) is 2.72. The maximum absolute atomic E-state index is 12.0. The van der Waals surface area contributed by atoms with Gasteiger partial charge in [0.15, 0.2) is 0 Å². The summed E-state index contributed by atoms with van der Waals surface area (Å²) in [5, 5.41) is 31.9. The minimum atomic E-state index is -0.527. The molecule has 0 radical (unpaired) electrons. The zero-order valence-electron chi connectivity index (χ0n) is 10.2. The summed E-state index contributed by atoms with van der Waals surface area (Å²) in [6.45, 7) is 0. The lowest BCUT2D eigenvalue weighted by Gasteiger charge is -2.07. The summed E-state index contributed by atoms with van der Waals surface area (Å²) in [7, 11) is 0. The van der Waals surface area contributed by atoms with Gasteiger partial charge >= 0.3 is 0 Å². The molecule has 0 spiro atoms.